The average Bonchev–Trinajstić information content (AvgIpc) is 0.986. The first-order valence-corrected chi connectivity index (χ1v) is 15.4. The van der Waals surface area contributed by atoms with Gasteiger partial charge in [0.25, 0.3) is 0 Å². The Morgan fingerprint density at radius 3 is 1.74 bits per heavy atom. The normalized spacial score (nSPS) is 26.3. The summed E-state index contributed by atoms with van der Waals surface area (Å²) in [5.74, 6) is 0. The molecule has 0 bridgehead atoms. The van der Waals surface area contributed by atoms with Crippen molar-refractivity contribution in [3.05, 3.63) is 197 Å². The highest BCUT2D eigenvalue weighted by molar-refractivity contribution is 6.09. The van der Waals surface area contributed by atoms with Crippen LogP contribution in [0, 0.1) is 0 Å². The summed E-state index contributed by atoms with van der Waals surface area (Å²) in [7, 11) is 0. The Morgan fingerprint density at radius 1 is 0.396 bits per heavy atom. The van der Waals surface area contributed by atoms with Crippen LogP contribution in [0.1, 0.15) is 106 Å². The summed E-state index contributed by atoms with van der Waals surface area (Å²) >= 11 is 0. The minimum absolute atomic E-state index is 0.0250. The van der Waals surface area contributed by atoms with E-state index in [0.717, 1.165) is 0 Å². The summed E-state index contributed by atoms with van der Waals surface area (Å²) in [4.78, 5) is -0.0250. The van der Waals surface area contributed by atoms with Crippen LogP contribution in [0.2, 0.25) is 0 Å². The van der Waals surface area contributed by atoms with Gasteiger partial charge in [-0.2, -0.15) is 0 Å². The van der Waals surface area contributed by atoms with E-state index in [2.05, 4.69) is 0 Å². The molecule has 0 atom stereocenters. The zero-order chi connectivity index (χ0) is 71.1. The minimum atomic E-state index is -4.29. The summed E-state index contributed by atoms with van der Waals surface area (Å²) in [6, 6.07) is -39.3. The van der Waals surface area contributed by atoms with Gasteiger partial charge in [-0.15, -0.1) is 0 Å². The monoisotopic (exact) mass is 721 g/mol. The van der Waals surface area contributed by atoms with E-state index in [4.69, 9.17) is 26.0 Å². The van der Waals surface area contributed by atoms with Crippen LogP contribution in [0.25, 0.3) is 55.3 Å². The van der Waals surface area contributed by atoms with Crippen molar-refractivity contribution in [3.8, 4) is 44.5 Å². The molecule has 0 aromatic heterocycles. The molecule has 0 N–H and O–H groups in total. The molecule has 10 rings (SSSR count). The van der Waals surface area contributed by atoms with Gasteiger partial charge in [0.1, 0.15) is 0 Å². The summed E-state index contributed by atoms with van der Waals surface area (Å²) < 4.78 is 378. The van der Waals surface area contributed by atoms with E-state index in [1.807, 2.05) is 0 Å². The first-order chi connectivity index (χ1) is 42.9. The third-order valence-corrected chi connectivity index (χ3v) is 8.76. The Kier molecular flexibility index (Phi) is 2.31. The number of rotatable bonds is 5. The average molecular weight is 721 g/mol. The van der Waals surface area contributed by atoms with Crippen molar-refractivity contribution >= 4 is 27.8 Å². The molecule has 0 aliphatic heterocycles. The lowest BCUT2D eigenvalue weighted by atomic mass is 9.67. The van der Waals surface area contributed by atoms with E-state index in [-0.39, 0.29) is 4.90 Å². The minimum Gasteiger partial charge on any atom is -0.310 e. The predicted molar refractivity (Wildman–Crippen MR) is 225 cm³/mol. The Balaban J connectivity index is 1.58. The van der Waals surface area contributed by atoms with E-state index in [0.29, 0.717) is 0 Å². The SMILES string of the molecule is [2H]c1c([2H])c([2H])c(-c2c([2H])c([2H])c(N(c3c([2H])c([2H])c4c(c3[2H])-c3c(-c5c([2H])c([2H])c([2H])c([2H])c5[2H])c([2H])c([2H])c5c([2H])c([2H])c([2H])c(c35)C4(C([2H])([2H])[2H])C([2H])([2H])[2H])c3c([2H])c([2H])c4c(c3[2H])C(C([2H])([2H])[2H])(C([2H])([2H])[2H])c3c([2H])c([2H])c([2H])c([2H])c3-4)c([2H])c2[2H])c([2H])c1[2H]. The highest BCUT2D eigenvalue weighted by Gasteiger charge is 2.37. The molecule has 0 spiro atoms. The maximum Gasteiger partial charge on any atom is 0.0652 e. The number of anilines is 3. The molecule has 0 amide bonds. The predicted octanol–water partition coefficient (Wildman–Crippen LogP) is 14.3. The smallest absolute Gasteiger partial charge is 0.0652 e. The molecule has 0 fully saturated rings. The molecule has 2 aliphatic rings. The highest BCUT2D eigenvalue weighted by Crippen LogP contribution is 2.54. The van der Waals surface area contributed by atoms with Crippen molar-refractivity contribution < 1.29 is 56.2 Å². The van der Waals surface area contributed by atoms with E-state index >= 15 is 0 Å². The van der Waals surface area contributed by atoms with Crippen LogP contribution in [0.15, 0.2) is 175 Å². The topological polar surface area (TPSA) is 3.24 Å². The van der Waals surface area contributed by atoms with Gasteiger partial charge in [0, 0.05) is 44.3 Å². The number of hydrogen-bond acceptors (Lipinski definition) is 1. The fourth-order valence-corrected chi connectivity index (χ4v) is 6.39. The van der Waals surface area contributed by atoms with Crippen molar-refractivity contribution in [1.29, 1.82) is 0 Å². The molecule has 1 nitrogen and oxygen atoms in total. The Bertz CT molecular complexity index is 4720. The fourth-order valence-electron chi connectivity index (χ4n) is 6.39. The van der Waals surface area contributed by atoms with Crippen molar-refractivity contribution in [3.63, 3.8) is 0 Å². The lowest BCUT2D eigenvalue weighted by Crippen LogP contribution is -2.24. The summed E-state index contributed by atoms with van der Waals surface area (Å²) in [5, 5.41) is -2.24. The summed E-state index contributed by atoms with van der Waals surface area (Å²) in [6.07, 6.45) is 0. The first-order valence-electron chi connectivity index (χ1n) is 35.9. The van der Waals surface area contributed by atoms with E-state index < -0.39 is 308 Å². The molecule has 254 valence electrons. The Hall–Kier alpha value is -6.18. The standard InChI is InChI=1S/C52H41N/c1-51(2)46-31-28-39(32-44(46)50-41(36-16-9-6-10-17-36)29-24-37-18-13-21-47(51)49(37)50)53(38-25-22-35(23-26-38)34-14-7-5-8-15-34)40-27-30-43-42-19-11-12-20-45(42)52(3,4)48(43)33-40/h5-33H,1-4H3/i1D3,2D3,3D3,4D3,5D,6D,7D,8D,9D,10D,11D,12D,13D,14D,15D,16D,17D,18D,19D,20D,21D,22D,23D,24D,25D,26D,27D,28D,29D,30D,31D,32D,33D. The molecule has 8 aromatic carbocycles. The van der Waals surface area contributed by atoms with Gasteiger partial charge in [-0.1, -0.05) is 166 Å². The lowest BCUT2D eigenvalue weighted by Gasteiger charge is -2.37. The largest absolute Gasteiger partial charge is 0.310 e. The first kappa shape index (κ1) is 10.5. The van der Waals surface area contributed by atoms with Crippen molar-refractivity contribution in [2.45, 2.75) is 38.2 Å². The van der Waals surface area contributed by atoms with Crippen molar-refractivity contribution in [2.24, 2.45) is 0 Å². The van der Waals surface area contributed by atoms with Crippen LogP contribution in [-0.4, -0.2) is 0 Å². The van der Waals surface area contributed by atoms with E-state index in [9.17, 15) is 30.2 Å². The molecule has 0 radical (unpaired) electrons. The Labute approximate surface area is 370 Å². The van der Waals surface area contributed by atoms with Gasteiger partial charge < -0.3 is 4.90 Å². The zero-order valence-corrected chi connectivity index (χ0v) is 26.4. The summed E-state index contributed by atoms with van der Waals surface area (Å²) in [6.45, 7) is -17.0. The third-order valence-electron chi connectivity index (χ3n) is 8.76. The summed E-state index contributed by atoms with van der Waals surface area (Å²) in [5.41, 5.74) is -27.9. The van der Waals surface area contributed by atoms with Crippen LogP contribution in [0.5, 0.6) is 0 Å². The number of hydrogen-bond donors (Lipinski definition) is 0. The van der Waals surface area contributed by atoms with Crippen LogP contribution in [0.4, 0.5) is 17.1 Å². The zero-order valence-electron chi connectivity index (χ0n) is 67.4. The molecule has 2 aliphatic carbocycles. The molecule has 8 aromatic rings. The van der Waals surface area contributed by atoms with Crippen LogP contribution < -0.4 is 4.90 Å². The molecule has 0 saturated carbocycles. The molecule has 0 saturated heterocycles. The Morgan fingerprint density at radius 2 is 0.962 bits per heavy atom. The number of benzene rings is 8. The van der Waals surface area contributed by atoms with Crippen LogP contribution in [0.3, 0.4) is 0 Å². The quantitative estimate of drug-likeness (QED) is 0.171. The number of fused-ring (bicyclic) bond motifs is 5. The van der Waals surface area contributed by atoms with Gasteiger partial charge in [0.2, 0.25) is 0 Å². The van der Waals surface area contributed by atoms with E-state index in [1.165, 1.54) is 0 Å². The van der Waals surface area contributed by atoms with Crippen molar-refractivity contribution in [1.82, 2.24) is 0 Å². The highest BCUT2D eigenvalue weighted by atomic mass is 15.1. The second-order valence-corrected chi connectivity index (χ2v) is 11.8. The maximum atomic E-state index is 10.6. The van der Waals surface area contributed by atoms with Gasteiger partial charge >= 0.3 is 0 Å². The van der Waals surface area contributed by atoms with Crippen molar-refractivity contribution in [2.75, 3.05) is 4.90 Å². The molecule has 0 heterocycles. The lowest BCUT2D eigenvalue weighted by molar-refractivity contribution is 0.645. The molecular weight excluding hydrogens is 639 g/mol. The maximum absolute atomic E-state index is 10.6. The number of nitrogens with zero attached hydrogens (tertiary/aromatic N) is 1. The van der Waals surface area contributed by atoms with Gasteiger partial charge in [0.15, 0.2) is 0 Å². The van der Waals surface area contributed by atoms with Gasteiger partial charge in [-0.25, -0.2) is 0 Å². The fraction of sp³-hybridized carbons (Fsp3) is 0.115. The second-order valence-electron chi connectivity index (χ2n) is 11.8. The molecule has 53 heavy (non-hydrogen) atoms. The molecule has 0 unspecified atom stereocenters. The van der Waals surface area contributed by atoms with Gasteiger partial charge in [-0.3, -0.25) is 0 Å². The van der Waals surface area contributed by atoms with Crippen LogP contribution in [-0.2, 0) is 10.8 Å². The third kappa shape index (κ3) is 4.77. The van der Waals surface area contributed by atoms with Gasteiger partial charge in [-0.05, 0) is 114 Å². The molecule has 1 heteroatoms. The van der Waals surface area contributed by atoms with E-state index in [1.54, 1.807) is 0 Å². The second kappa shape index (κ2) is 11.7. The van der Waals surface area contributed by atoms with Gasteiger partial charge in [0.05, 0.1) is 39.8 Å². The molecular formula is C52H41N. The van der Waals surface area contributed by atoms with Crippen LogP contribution >= 0.6 is 0 Å².